The first kappa shape index (κ1) is 12.1. The van der Waals surface area contributed by atoms with Gasteiger partial charge >= 0.3 is 15.5 Å². The summed E-state index contributed by atoms with van der Waals surface area (Å²) >= 11 is 0. The minimum atomic E-state index is -4.57. The first-order valence-electron chi connectivity index (χ1n) is 2.75. The summed E-state index contributed by atoms with van der Waals surface area (Å²) in [6.07, 6.45) is -0.895. The second-order valence-corrected chi connectivity index (χ2v) is 5.34. The summed E-state index contributed by atoms with van der Waals surface area (Å²) in [6, 6.07) is 0. The van der Waals surface area contributed by atoms with Crippen LogP contribution in [0.5, 0.6) is 0 Å². The molecule has 0 fully saturated rings. The fourth-order valence-corrected chi connectivity index (χ4v) is 2.57. The van der Waals surface area contributed by atoms with E-state index in [2.05, 4.69) is 4.99 Å². The topological polar surface area (TPSA) is 131 Å². The van der Waals surface area contributed by atoms with E-state index in [-0.39, 0.29) is 0 Å². The van der Waals surface area contributed by atoms with Crippen LogP contribution in [-0.2, 0) is 4.57 Å². The smallest absolute Gasteiger partial charge is 0.320 e. The van der Waals surface area contributed by atoms with Crippen LogP contribution in [0.25, 0.3) is 0 Å². The van der Waals surface area contributed by atoms with Crippen molar-refractivity contribution in [2.45, 2.75) is 0 Å². The molecule has 7 nitrogen and oxygen atoms in total. The largest absolute Gasteiger partial charge is 0.410 e. The van der Waals surface area contributed by atoms with Gasteiger partial charge in [-0.05, 0) is 0 Å². The predicted octanol–water partition coefficient (Wildman–Crippen LogP) is -1.07. The molecule has 0 aliphatic carbocycles. The maximum absolute atomic E-state index is 10.5. The van der Waals surface area contributed by atoms with Crippen LogP contribution >= 0.6 is 15.5 Å². The Morgan fingerprint density at radius 1 is 1.42 bits per heavy atom. The highest BCUT2D eigenvalue weighted by atomic mass is 31.2. The van der Waals surface area contributed by atoms with Crippen molar-refractivity contribution in [1.82, 2.24) is 0 Å². The van der Waals surface area contributed by atoms with Crippen molar-refractivity contribution in [2.24, 2.45) is 4.99 Å². The third-order valence-corrected chi connectivity index (χ3v) is 2.95. The zero-order chi connectivity index (χ0) is 9.99. The SMILES string of the molecule is CN=C(C[P+](O)(O)O)P(=O)(O)O. The lowest BCUT2D eigenvalue weighted by molar-refractivity contribution is 0.335. The van der Waals surface area contributed by atoms with Crippen LogP contribution in [0.2, 0.25) is 0 Å². The minimum absolute atomic E-state index is 0.719. The Balaban J connectivity index is 4.55. The highest BCUT2D eigenvalue weighted by Crippen LogP contribution is 2.50. The molecule has 0 unspecified atom stereocenters. The standard InChI is InChI=1S/C3H9NO6P2/c1-4-3(12(8,9)10)2-11(5,6)7/h5-7H,2H2,1H3,(H-,8,9,10)/p+1. The zero-order valence-corrected chi connectivity index (χ0v) is 7.98. The van der Waals surface area contributed by atoms with Crippen molar-refractivity contribution in [3.63, 3.8) is 0 Å². The van der Waals surface area contributed by atoms with Gasteiger partial charge in [-0.1, -0.05) is 0 Å². The molecular formula is C3H10NO6P2+. The van der Waals surface area contributed by atoms with Gasteiger partial charge in [0.15, 0.2) is 11.6 Å². The van der Waals surface area contributed by atoms with E-state index in [4.69, 9.17) is 24.5 Å². The highest BCUT2D eigenvalue weighted by Gasteiger charge is 2.39. The fraction of sp³-hybridized carbons (Fsp3) is 0.667. The second kappa shape index (κ2) is 3.89. The van der Waals surface area contributed by atoms with Crippen LogP contribution in [0.4, 0.5) is 0 Å². The average molecular weight is 218 g/mol. The van der Waals surface area contributed by atoms with Crippen LogP contribution < -0.4 is 0 Å². The van der Waals surface area contributed by atoms with Crippen molar-refractivity contribution in [3.05, 3.63) is 0 Å². The summed E-state index contributed by atoms with van der Waals surface area (Å²) in [5, 5.41) is 0. The van der Waals surface area contributed by atoms with Gasteiger partial charge in [-0.2, -0.15) is 14.7 Å². The third-order valence-electron chi connectivity index (χ3n) is 0.948. The monoisotopic (exact) mass is 218 g/mol. The van der Waals surface area contributed by atoms with E-state index in [0.29, 0.717) is 0 Å². The molecule has 0 aliphatic heterocycles. The first-order chi connectivity index (χ1) is 5.17. The normalized spacial score (nSPS) is 15.0. The molecule has 0 saturated heterocycles. The molecule has 0 bridgehead atoms. The first-order valence-corrected chi connectivity index (χ1v) is 6.19. The maximum Gasteiger partial charge on any atom is 0.410 e. The predicted molar refractivity (Wildman–Crippen MR) is 43.8 cm³/mol. The van der Waals surface area contributed by atoms with Crippen LogP contribution in [0.3, 0.4) is 0 Å². The van der Waals surface area contributed by atoms with E-state index in [1.54, 1.807) is 0 Å². The van der Waals surface area contributed by atoms with E-state index in [0.717, 1.165) is 7.05 Å². The van der Waals surface area contributed by atoms with Crippen LogP contribution in [0.15, 0.2) is 4.99 Å². The Bertz CT molecular complexity index is 225. The van der Waals surface area contributed by atoms with Crippen molar-refractivity contribution < 1.29 is 29.0 Å². The Labute approximate surface area is 69.1 Å². The lowest BCUT2D eigenvalue weighted by Gasteiger charge is -2.07. The molecule has 0 heterocycles. The number of rotatable bonds is 3. The summed E-state index contributed by atoms with van der Waals surface area (Å²) < 4.78 is 10.5. The van der Waals surface area contributed by atoms with E-state index >= 15 is 0 Å². The minimum Gasteiger partial charge on any atom is -0.320 e. The number of aliphatic imine (C=N–C) groups is 1. The van der Waals surface area contributed by atoms with Crippen molar-refractivity contribution in [2.75, 3.05) is 13.2 Å². The molecule has 0 saturated carbocycles. The molecule has 5 N–H and O–H groups in total. The van der Waals surface area contributed by atoms with E-state index in [9.17, 15) is 4.57 Å². The molecule has 0 aliphatic rings. The number of hydrogen-bond donors (Lipinski definition) is 5. The fourth-order valence-electron chi connectivity index (χ4n) is 0.483. The van der Waals surface area contributed by atoms with Gasteiger partial charge in [0.25, 0.3) is 0 Å². The third kappa shape index (κ3) is 4.90. The van der Waals surface area contributed by atoms with Crippen molar-refractivity contribution in [3.8, 4) is 0 Å². The van der Waals surface area contributed by atoms with E-state index in [1.807, 2.05) is 0 Å². The van der Waals surface area contributed by atoms with Crippen molar-refractivity contribution >= 4 is 21.0 Å². The lowest BCUT2D eigenvalue weighted by Crippen LogP contribution is -2.09. The molecular weight excluding hydrogens is 208 g/mol. The highest BCUT2D eigenvalue weighted by molar-refractivity contribution is 7.74. The molecule has 0 spiro atoms. The summed E-state index contributed by atoms with van der Waals surface area (Å²) in [5.41, 5.74) is -0.719. The molecule has 72 valence electrons. The molecule has 0 aromatic heterocycles. The second-order valence-electron chi connectivity index (χ2n) is 2.03. The molecule has 0 atom stereocenters. The van der Waals surface area contributed by atoms with Gasteiger partial charge in [-0.25, -0.2) is 0 Å². The summed E-state index contributed by atoms with van der Waals surface area (Å²) in [6.45, 7) is 0. The quantitative estimate of drug-likeness (QED) is 0.303. The Hall–Kier alpha value is 0.130. The molecule has 9 heteroatoms. The van der Waals surface area contributed by atoms with Gasteiger partial charge in [-0.3, -0.25) is 9.56 Å². The van der Waals surface area contributed by atoms with Crippen LogP contribution in [0.1, 0.15) is 0 Å². The van der Waals surface area contributed by atoms with Gasteiger partial charge in [0, 0.05) is 7.05 Å². The average Bonchev–Trinajstić information content (AvgIpc) is 1.78. The molecule has 0 radical (unpaired) electrons. The van der Waals surface area contributed by atoms with Gasteiger partial charge in [0.2, 0.25) is 0 Å². The Morgan fingerprint density at radius 2 is 1.83 bits per heavy atom. The van der Waals surface area contributed by atoms with E-state index in [1.165, 1.54) is 0 Å². The summed E-state index contributed by atoms with van der Waals surface area (Å²) in [5.74, 6) is 0. The number of nitrogens with zero attached hydrogens (tertiary/aromatic N) is 1. The van der Waals surface area contributed by atoms with E-state index < -0.39 is 27.2 Å². The van der Waals surface area contributed by atoms with Gasteiger partial charge in [-0.15, -0.1) is 0 Å². The van der Waals surface area contributed by atoms with Gasteiger partial charge in [0.1, 0.15) is 0 Å². The number of hydrogen-bond acceptors (Lipinski definition) is 5. The van der Waals surface area contributed by atoms with Gasteiger partial charge < -0.3 is 9.79 Å². The molecule has 0 aromatic carbocycles. The zero-order valence-electron chi connectivity index (χ0n) is 6.19. The molecule has 0 amide bonds. The maximum atomic E-state index is 10.5. The summed E-state index contributed by atoms with van der Waals surface area (Å²) in [4.78, 5) is 45.6. The molecule has 12 heavy (non-hydrogen) atoms. The Kier molecular flexibility index (Phi) is 3.93. The molecule has 0 aromatic rings. The lowest BCUT2D eigenvalue weighted by atomic mass is 10.8. The van der Waals surface area contributed by atoms with Crippen LogP contribution in [0, 0.1) is 0 Å². The van der Waals surface area contributed by atoms with Gasteiger partial charge in [0.05, 0.1) is 0 Å². The molecule has 0 rings (SSSR count). The van der Waals surface area contributed by atoms with Crippen LogP contribution in [-0.4, -0.2) is 43.1 Å². The van der Waals surface area contributed by atoms with Crippen molar-refractivity contribution in [1.29, 1.82) is 0 Å². The summed E-state index contributed by atoms with van der Waals surface area (Å²) in [7, 11) is -7.69. The Morgan fingerprint density at radius 3 is 1.92 bits per heavy atom.